The molecule has 1 aliphatic heterocycles. The molecule has 0 radical (unpaired) electrons. The molecule has 140 valence electrons. The van der Waals surface area contributed by atoms with Gasteiger partial charge >= 0.3 is 0 Å². The van der Waals surface area contributed by atoms with Crippen LogP contribution >= 0.6 is 11.3 Å². The highest BCUT2D eigenvalue weighted by molar-refractivity contribution is 7.20. The molecule has 27 heavy (non-hydrogen) atoms. The lowest BCUT2D eigenvalue weighted by molar-refractivity contribution is 0.0948. The van der Waals surface area contributed by atoms with Gasteiger partial charge in [-0.15, -0.1) is 5.10 Å². The largest absolute Gasteiger partial charge is 0.348 e. The lowest BCUT2D eigenvalue weighted by Crippen LogP contribution is -2.31. The summed E-state index contributed by atoms with van der Waals surface area (Å²) in [5, 5.41) is 7.96. The van der Waals surface area contributed by atoms with Crippen LogP contribution in [0.5, 0.6) is 0 Å². The van der Waals surface area contributed by atoms with Crippen molar-refractivity contribution in [2.75, 3.05) is 18.0 Å². The van der Waals surface area contributed by atoms with Crippen LogP contribution in [-0.4, -0.2) is 33.6 Å². The predicted molar refractivity (Wildman–Crippen MR) is 106 cm³/mol. The van der Waals surface area contributed by atoms with Gasteiger partial charge in [0, 0.05) is 25.8 Å². The van der Waals surface area contributed by atoms with E-state index in [1.165, 1.54) is 27.6 Å². The average molecular weight is 383 g/mol. The first-order valence-corrected chi connectivity index (χ1v) is 9.97. The van der Waals surface area contributed by atoms with Crippen molar-refractivity contribution < 1.29 is 4.79 Å². The molecule has 3 heterocycles. The van der Waals surface area contributed by atoms with E-state index in [0.717, 1.165) is 43.0 Å². The van der Waals surface area contributed by atoms with Gasteiger partial charge in [0.15, 0.2) is 0 Å². The summed E-state index contributed by atoms with van der Waals surface area (Å²) >= 11 is 1.38. The Morgan fingerprint density at radius 1 is 1.19 bits per heavy atom. The zero-order valence-electron chi connectivity index (χ0n) is 15.1. The standard InChI is InChI=1S/C19H21N5O2S/c1-2-13-5-7-14(8-6-13)11-20-16(25)15-12-21-18-24(17(15)26)22-19(27-18)23-9-3-4-10-23/h5-8,12H,2-4,9-11H2,1H3,(H,20,25). The van der Waals surface area contributed by atoms with Crippen molar-refractivity contribution in [1.29, 1.82) is 0 Å². The molecule has 3 aromatic rings. The molecule has 0 atom stereocenters. The summed E-state index contributed by atoms with van der Waals surface area (Å²) in [6, 6.07) is 8.05. The van der Waals surface area contributed by atoms with Crippen LogP contribution < -0.4 is 15.8 Å². The van der Waals surface area contributed by atoms with E-state index in [0.29, 0.717) is 11.5 Å². The molecule has 0 spiro atoms. The maximum Gasteiger partial charge on any atom is 0.288 e. The fraction of sp³-hybridized carbons (Fsp3) is 0.368. The molecule has 2 aromatic heterocycles. The first kappa shape index (κ1) is 17.7. The second kappa shape index (κ2) is 7.48. The van der Waals surface area contributed by atoms with E-state index in [1.54, 1.807) is 0 Å². The fourth-order valence-corrected chi connectivity index (χ4v) is 4.05. The minimum atomic E-state index is -0.433. The zero-order valence-corrected chi connectivity index (χ0v) is 16.0. The highest BCUT2D eigenvalue weighted by Crippen LogP contribution is 2.24. The number of benzene rings is 1. The summed E-state index contributed by atoms with van der Waals surface area (Å²) in [4.78, 5) is 32.1. The second-order valence-corrected chi connectivity index (χ2v) is 7.54. The van der Waals surface area contributed by atoms with Crippen LogP contribution in [0.4, 0.5) is 5.13 Å². The lowest BCUT2D eigenvalue weighted by atomic mass is 10.1. The Labute approximate surface area is 160 Å². The second-order valence-electron chi connectivity index (χ2n) is 6.60. The van der Waals surface area contributed by atoms with Crippen LogP contribution in [0.1, 0.15) is 41.3 Å². The molecular weight excluding hydrogens is 362 g/mol. The van der Waals surface area contributed by atoms with Gasteiger partial charge in [0.25, 0.3) is 11.5 Å². The molecule has 1 fully saturated rings. The van der Waals surface area contributed by atoms with Crippen molar-refractivity contribution >= 4 is 27.3 Å². The minimum absolute atomic E-state index is 0.0101. The summed E-state index contributed by atoms with van der Waals surface area (Å²) in [5.41, 5.74) is 1.81. The lowest BCUT2D eigenvalue weighted by Gasteiger charge is -2.10. The van der Waals surface area contributed by atoms with Gasteiger partial charge in [-0.05, 0) is 30.4 Å². The average Bonchev–Trinajstić information content (AvgIpc) is 3.36. The number of aryl methyl sites for hydroxylation is 1. The summed E-state index contributed by atoms with van der Waals surface area (Å²) in [5.74, 6) is -0.433. The Morgan fingerprint density at radius 3 is 2.59 bits per heavy atom. The molecule has 0 unspecified atom stereocenters. The summed E-state index contributed by atoms with van der Waals surface area (Å²) in [7, 11) is 0. The summed E-state index contributed by atoms with van der Waals surface area (Å²) in [6.45, 7) is 4.35. The third kappa shape index (κ3) is 3.57. The molecular formula is C19H21N5O2S. The number of carbonyl (C=O) groups excluding carboxylic acids is 1. The van der Waals surface area contributed by atoms with Crippen LogP contribution in [0, 0.1) is 0 Å². The Kier molecular flexibility index (Phi) is 4.89. The van der Waals surface area contributed by atoms with E-state index in [1.807, 2.05) is 24.3 Å². The highest BCUT2D eigenvalue weighted by atomic mass is 32.1. The van der Waals surface area contributed by atoms with Gasteiger partial charge in [0.05, 0.1) is 0 Å². The minimum Gasteiger partial charge on any atom is -0.348 e. The van der Waals surface area contributed by atoms with E-state index in [4.69, 9.17) is 0 Å². The summed E-state index contributed by atoms with van der Waals surface area (Å²) < 4.78 is 1.24. The van der Waals surface area contributed by atoms with Gasteiger partial charge in [-0.2, -0.15) is 4.52 Å². The molecule has 1 aromatic carbocycles. The van der Waals surface area contributed by atoms with Crippen LogP contribution in [0.2, 0.25) is 0 Å². The number of nitrogens with one attached hydrogen (secondary N) is 1. The fourth-order valence-electron chi connectivity index (χ4n) is 3.14. The van der Waals surface area contributed by atoms with Gasteiger partial charge in [0.2, 0.25) is 10.1 Å². The highest BCUT2D eigenvalue weighted by Gasteiger charge is 2.20. The number of rotatable bonds is 5. The zero-order chi connectivity index (χ0) is 18.8. The molecule has 1 aliphatic rings. The molecule has 0 aliphatic carbocycles. The number of nitrogens with zero attached hydrogens (tertiary/aromatic N) is 4. The third-order valence-corrected chi connectivity index (χ3v) is 5.77. The van der Waals surface area contributed by atoms with Crippen molar-refractivity contribution in [1.82, 2.24) is 19.9 Å². The van der Waals surface area contributed by atoms with Crippen LogP contribution in [0.15, 0.2) is 35.3 Å². The number of aromatic nitrogens is 3. The molecule has 0 bridgehead atoms. The number of fused-ring (bicyclic) bond motifs is 1. The molecule has 1 amide bonds. The number of anilines is 1. The van der Waals surface area contributed by atoms with Crippen molar-refractivity contribution in [2.24, 2.45) is 0 Å². The number of hydrogen-bond donors (Lipinski definition) is 1. The van der Waals surface area contributed by atoms with Gasteiger partial charge in [-0.3, -0.25) is 9.59 Å². The van der Waals surface area contributed by atoms with E-state index in [-0.39, 0.29) is 5.56 Å². The van der Waals surface area contributed by atoms with Crippen LogP contribution in [-0.2, 0) is 13.0 Å². The monoisotopic (exact) mass is 383 g/mol. The van der Waals surface area contributed by atoms with Gasteiger partial charge < -0.3 is 10.2 Å². The molecule has 0 saturated carbocycles. The van der Waals surface area contributed by atoms with Crippen molar-refractivity contribution in [3.63, 3.8) is 0 Å². The Morgan fingerprint density at radius 2 is 1.89 bits per heavy atom. The first-order valence-electron chi connectivity index (χ1n) is 9.15. The Balaban J connectivity index is 1.52. The molecule has 1 N–H and O–H groups in total. The summed E-state index contributed by atoms with van der Waals surface area (Å²) in [6.07, 6.45) is 4.58. The maximum atomic E-state index is 12.7. The SMILES string of the molecule is CCc1ccc(CNC(=O)c2cnc3sc(N4CCCC4)nn3c2=O)cc1. The van der Waals surface area contributed by atoms with Crippen LogP contribution in [0.25, 0.3) is 4.96 Å². The third-order valence-electron chi connectivity index (χ3n) is 4.78. The van der Waals surface area contributed by atoms with Crippen molar-refractivity contribution in [2.45, 2.75) is 32.7 Å². The number of carbonyl (C=O) groups is 1. The predicted octanol–water partition coefficient (Wildman–Crippen LogP) is 2.24. The van der Waals surface area contributed by atoms with Gasteiger partial charge in [0.1, 0.15) is 5.56 Å². The van der Waals surface area contributed by atoms with E-state index in [9.17, 15) is 9.59 Å². The van der Waals surface area contributed by atoms with Gasteiger partial charge in [-0.1, -0.05) is 42.5 Å². The van der Waals surface area contributed by atoms with Crippen LogP contribution in [0.3, 0.4) is 0 Å². The molecule has 4 rings (SSSR count). The smallest absolute Gasteiger partial charge is 0.288 e. The molecule has 8 heteroatoms. The number of amides is 1. The first-order chi connectivity index (χ1) is 13.2. The van der Waals surface area contributed by atoms with Crippen molar-refractivity contribution in [3.05, 3.63) is 57.5 Å². The normalized spacial score (nSPS) is 14.0. The van der Waals surface area contributed by atoms with E-state index in [2.05, 4.69) is 27.2 Å². The van der Waals surface area contributed by atoms with Gasteiger partial charge in [-0.25, -0.2) is 4.98 Å². The quantitative estimate of drug-likeness (QED) is 0.731. The van der Waals surface area contributed by atoms with Crippen molar-refractivity contribution in [3.8, 4) is 0 Å². The Bertz CT molecular complexity index is 1020. The topological polar surface area (TPSA) is 79.6 Å². The molecule has 7 nitrogen and oxygen atoms in total. The maximum absolute atomic E-state index is 12.7. The van der Waals surface area contributed by atoms with E-state index < -0.39 is 11.5 Å². The molecule has 1 saturated heterocycles. The number of hydrogen-bond acceptors (Lipinski definition) is 6. The van der Waals surface area contributed by atoms with E-state index >= 15 is 0 Å². The Hall–Kier alpha value is -2.74.